The van der Waals surface area contributed by atoms with Crippen LogP contribution in [0.1, 0.15) is 26.3 Å². The van der Waals surface area contributed by atoms with E-state index < -0.39 is 11.9 Å². The van der Waals surface area contributed by atoms with Crippen LogP contribution in [0.15, 0.2) is 36.4 Å². The van der Waals surface area contributed by atoms with E-state index in [-0.39, 0.29) is 16.2 Å². The number of carbonyl (C=O) groups is 2. The van der Waals surface area contributed by atoms with Crippen LogP contribution in [-0.4, -0.2) is 38.4 Å². The van der Waals surface area contributed by atoms with Crippen LogP contribution in [0, 0.1) is 6.92 Å². The van der Waals surface area contributed by atoms with Crippen LogP contribution < -0.4 is 15.4 Å². The van der Waals surface area contributed by atoms with Crippen LogP contribution in [0.4, 0.5) is 11.4 Å². The van der Waals surface area contributed by atoms with Gasteiger partial charge in [-0.2, -0.15) is 0 Å². The minimum absolute atomic E-state index is 0.214. The number of thiocarbonyl (C=S) groups is 1. The molecule has 0 aromatic heterocycles. The number of anilines is 2. The molecule has 0 atom stereocenters. The quantitative estimate of drug-likeness (QED) is 0.596. The summed E-state index contributed by atoms with van der Waals surface area (Å²) < 4.78 is 14.8. The first-order valence-corrected chi connectivity index (χ1v) is 8.33. The van der Waals surface area contributed by atoms with E-state index in [4.69, 9.17) is 26.4 Å². The molecule has 7 nitrogen and oxygen atoms in total. The molecule has 0 aliphatic heterocycles. The smallest absolute Gasteiger partial charge is 0.339 e. The Morgan fingerprint density at radius 2 is 1.56 bits per heavy atom. The molecule has 0 bridgehead atoms. The Morgan fingerprint density at radius 3 is 2.19 bits per heavy atom. The van der Waals surface area contributed by atoms with Crippen LogP contribution in [0.25, 0.3) is 0 Å². The molecule has 0 aliphatic carbocycles. The van der Waals surface area contributed by atoms with E-state index in [0.717, 1.165) is 5.56 Å². The fourth-order valence-electron chi connectivity index (χ4n) is 2.38. The lowest BCUT2D eigenvalue weighted by molar-refractivity contribution is 0.0587. The first kappa shape index (κ1) is 20.2. The Hall–Kier alpha value is -3.13. The Labute approximate surface area is 162 Å². The van der Waals surface area contributed by atoms with Crippen molar-refractivity contribution in [2.45, 2.75) is 6.92 Å². The van der Waals surface area contributed by atoms with Gasteiger partial charge >= 0.3 is 11.9 Å². The van der Waals surface area contributed by atoms with Gasteiger partial charge in [-0.15, -0.1) is 0 Å². The molecule has 0 fully saturated rings. The topological polar surface area (TPSA) is 85.9 Å². The van der Waals surface area contributed by atoms with Crippen LogP contribution in [0.5, 0.6) is 5.75 Å². The molecule has 0 amide bonds. The summed E-state index contributed by atoms with van der Waals surface area (Å²) in [4.78, 5) is 23.8. The summed E-state index contributed by atoms with van der Waals surface area (Å²) in [7, 11) is 4.11. The number of hydrogen-bond donors (Lipinski definition) is 2. The summed E-state index contributed by atoms with van der Waals surface area (Å²) in [6, 6.07) is 10.0. The van der Waals surface area contributed by atoms with Crippen LogP contribution in [0.2, 0.25) is 0 Å². The number of rotatable bonds is 5. The maximum atomic E-state index is 12.0. The standard InChI is InChI=1S/C19H20N2O5S/c1-11-5-8-16(24-2)15(9-11)21-19(27)20-14-10-12(17(22)25-3)6-7-13(14)18(23)26-4/h5-10H,1-4H3,(H2,20,21,27). The summed E-state index contributed by atoms with van der Waals surface area (Å²) in [5.74, 6) is -0.486. The fraction of sp³-hybridized carbons (Fsp3) is 0.211. The molecule has 0 spiro atoms. The van der Waals surface area contributed by atoms with Crippen LogP contribution >= 0.6 is 12.2 Å². The number of aryl methyl sites for hydroxylation is 1. The molecular weight excluding hydrogens is 368 g/mol. The van der Waals surface area contributed by atoms with E-state index in [1.165, 1.54) is 32.4 Å². The third-order valence-corrected chi connectivity index (χ3v) is 3.90. The van der Waals surface area contributed by atoms with Gasteiger partial charge in [-0.3, -0.25) is 0 Å². The summed E-state index contributed by atoms with van der Waals surface area (Å²) in [6.45, 7) is 1.94. The van der Waals surface area contributed by atoms with E-state index in [1.54, 1.807) is 7.11 Å². The second-order valence-corrected chi connectivity index (χ2v) is 5.93. The molecule has 2 N–H and O–H groups in total. The van der Waals surface area contributed by atoms with Crippen molar-refractivity contribution in [2.75, 3.05) is 32.0 Å². The zero-order valence-electron chi connectivity index (χ0n) is 15.4. The second kappa shape index (κ2) is 9.00. The third-order valence-electron chi connectivity index (χ3n) is 3.70. The normalized spacial score (nSPS) is 9.93. The SMILES string of the molecule is COC(=O)c1ccc(C(=O)OC)c(NC(=S)Nc2cc(C)ccc2OC)c1. The maximum absolute atomic E-state index is 12.0. The van der Waals surface area contributed by atoms with Gasteiger partial charge in [-0.05, 0) is 55.0 Å². The molecule has 2 rings (SSSR count). The molecular formula is C19H20N2O5S. The Bertz CT molecular complexity index is 882. The Balaban J connectivity index is 2.31. The zero-order chi connectivity index (χ0) is 20.0. The average molecular weight is 388 g/mol. The molecule has 0 unspecified atom stereocenters. The molecule has 8 heteroatoms. The monoisotopic (exact) mass is 388 g/mol. The highest BCUT2D eigenvalue weighted by atomic mass is 32.1. The van der Waals surface area contributed by atoms with Crippen molar-refractivity contribution >= 4 is 40.6 Å². The summed E-state index contributed by atoms with van der Waals surface area (Å²) >= 11 is 5.34. The van der Waals surface area contributed by atoms with E-state index in [2.05, 4.69) is 10.6 Å². The summed E-state index contributed by atoms with van der Waals surface area (Å²) in [5.41, 5.74) is 2.49. The van der Waals surface area contributed by atoms with E-state index in [1.807, 2.05) is 25.1 Å². The van der Waals surface area contributed by atoms with E-state index in [0.29, 0.717) is 17.1 Å². The van der Waals surface area contributed by atoms with Gasteiger partial charge in [0.25, 0.3) is 0 Å². The minimum Gasteiger partial charge on any atom is -0.495 e. The van der Waals surface area contributed by atoms with Gasteiger partial charge < -0.3 is 24.8 Å². The third kappa shape index (κ3) is 4.95. The summed E-state index contributed by atoms with van der Waals surface area (Å²) in [6.07, 6.45) is 0. The number of nitrogens with one attached hydrogen (secondary N) is 2. The first-order chi connectivity index (χ1) is 12.9. The van der Waals surface area contributed by atoms with Gasteiger partial charge in [0.2, 0.25) is 0 Å². The zero-order valence-corrected chi connectivity index (χ0v) is 16.2. The Kier molecular flexibility index (Phi) is 6.73. The molecule has 2 aromatic carbocycles. The van der Waals surface area contributed by atoms with Gasteiger partial charge in [0.15, 0.2) is 5.11 Å². The molecule has 0 saturated heterocycles. The number of methoxy groups -OCH3 is 3. The molecule has 0 aliphatic rings. The van der Waals surface area contributed by atoms with Gasteiger partial charge in [-0.1, -0.05) is 6.07 Å². The molecule has 0 saturated carbocycles. The van der Waals surface area contributed by atoms with E-state index >= 15 is 0 Å². The lowest BCUT2D eigenvalue weighted by atomic mass is 10.1. The maximum Gasteiger partial charge on any atom is 0.339 e. The molecule has 2 aromatic rings. The highest BCUT2D eigenvalue weighted by Gasteiger charge is 2.17. The minimum atomic E-state index is -0.565. The Morgan fingerprint density at radius 1 is 0.889 bits per heavy atom. The number of hydrogen-bond acceptors (Lipinski definition) is 6. The average Bonchev–Trinajstić information content (AvgIpc) is 2.66. The number of benzene rings is 2. The molecule has 27 heavy (non-hydrogen) atoms. The highest BCUT2D eigenvalue weighted by Crippen LogP contribution is 2.26. The highest BCUT2D eigenvalue weighted by molar-refractivity contribution is 7.80. The largest absolute Gasteiger partial charge is 0.495 e. The predicted octanol–water partition coefficient (Wildman–Crippen LogP) is 3.39. The number of carbonyl (C=O) groups excluding carboxylic acids is 2. The number of ether oxygens (including phenoxy) is 3. The summed E-state index contributed by atoms with van der Waals surface area (Å²) in [5, 5.41) is 6.16. The fourth-order valence-corrected chi connectivity index (χ4v) is 2.60. The van der Waals surface area contributed by atoms with Crippen LogP contribution in [-0.2, 0) is 9.47 Å². The van der Waals surface area contributed by atoms with Gasteiger partial charge in [0.1, 0.15) is 5.75 Å². The van der Waals surface area contributed by atoms with Crippen molar-refractivity contribution in [2.24, 2.45) is 0 Å². The van der Waals surface area contributed by atoms with Crippen LogP contribution in [0.3, 0.4) is 0 Å². The van der Waals surface area contributed by atoms with Crippen molar-refractivity contribution in [1.82, 2.24) is 0 Å². The van der Waals surface area contributed by atoms with Crippen molar-refractivity contribution in [3.05, 3.63) is 53.1 Å². The molecule has 0 heterocycles. The lowest BCUT2D eigenvalue weighted by Gasteiger charge is -2.16. The van der Waals surface area contributed by atoms with Crippen molar-refractivity contribution in [3.8, 4) is 5.75 Å². The van der Waals surface area contributed by atoms with Crippen molar-refractivity contribution in [3.63, 3.8) is 0 Å². The van der Waals surface area contributed by atoms with Gasteiger partial charge in [-0.25, -0.2) is 9.59 Å². The number of esters is 2. The van der Waals surface area contributed by atoms with Gasteiger partial charge in [0, 0.05) is 0 Å². The molecule has 0 radical (unpaired) electrons. The second-order valence-electron chi connectivity index (χ2n) is 5.53. The predicted molar refractivity (Wildman–Crippen MR) is 107 cm³/mol. The van der Waals surface area contributed by atoms with Gasteiger partial charge in [0.05, 0.1) is 43.8 Å². The van der Waals surface area contributed by atoms with Crippen molar-refractivity contribution < 1.29 is 23.8 Å². The van der Waals surface area contributed by atoms with E-state index in [9.17, 15) is 9.59 Å². The lowest BCUT2D eigenvalue weighted by Crippen LogP contribution is -2.22. The van der Waals surface area contributed by atoms with Crippen molar-refractivity contribution in [1.29, 1.82) is 0 Å². The molecule has 142 valence electrons. The first-order valence-electron chi connectivity index (χ1n) is 7.93.